The third kappa shape index (κ3) is 5.30. The van der Waals surface area contributed by atoms with E-state index in [-0.39, 0.29) is 11.8 Å². The van der Waals surface area contributed by atoms with Gasteiger partial charge in [-0.05, 0) is 53.4 Å². The van der Waals surface area contributed by atoms with Crippen molar-refractivity contribution in [1.29, 1.82) is 0 Å². The van der Waals surface area contributed by atoms with Crippen LogP contribution in [-0.4, -0.2) is 34.2 Å². The zero-order valence-corrected chi connectivity index (χ0v) is 13.9. The molecule has 21 heavy (non-hydrogen) atoms. The maximum atomic E-state index is 12.4. The number of esters is 1. The normalized spacial score (nSPS) is 25.8. The molecule has 0 aromatic carbocycles. The van der Waals surface area contributed by atoms with Gasteiger partial charge in [0.15, 0.2) is 0 Å². The van der Waals surface area contributed by atoms with E-state index in [0.717, 1.165) is 19.3 Å². The minimum absolute atomic E-state index is 0.163. The fourth-order valence-electron chi connectivity index (χ4n) is 2.45. The van der Waals surface area contributed by atoms with Gasteiger partial charge in [0.2, 0.25) is 5.91 Å². The summed E-state index contributed by atoms with van der Waals surface area (Å²) >= 11 is 0. The maximum Gasteiger partial charge on any atom is 0.332 e. The highest BCUT2D eigenvalue weighted by atomic mass is 16.6. The van der Waals surface area contributed by atoms with Crippen LogP contribution in [0.2, 0.25) is 0 Å². The lowest BCUT2D eigenvalue weighted by atomic mass is 9.85. The zero-order chi connectivity index (χ0) is 16.3. The highest BCUT2D eigenvalue weighted by Crippen LogP contribution is 2.26. The summed E-state index contributed by atoms with van der Waals surface area (Å²) in [5, 5.41) is 12.5. The molecule has 0 saturated heterocycles. The largest absolute Gasteiger partial charge is 0.458 e. The first-order valence-electron chi connectivity index (χ1n) is 7.81. The van der Waals surface area contributed by atoms with Crippen LogP contribution in [0.25, 0.3) is 0 Å². The zero-order valence-electron chi connectivity index (χ0n) is 13.9. The molecule has 1 amide bonds. The Morgan fingerprint density at radius 3 is 2.33 bits per heavy atom. The summed E-state index contributed by atoms with van der Waals surface area (Å²) in [6.45, 7) is 8.96. The molecule has 3 atom stereocenters. The summed E-state index contributed by atoms with van der Waals surface area (Å²) in [6.07, 6.45) is 2.87. The number of ether oxygens (including phenoxy) is 1. The van der Waals surface area contributed by atoms with Gasteiger partial charge >= 0.3 is 5.97 Å². The summed E-state index contributed by atoms with van der Waals surface area (Å²) in [6, 6.07) is 0. The summed E-state index contributed by atoms with van der Waals surface area (Å²) in [5.74, 6) is -0.798. The van der Waals surface area contributed by atoms with Gasteiger partial charge in [-0.15, -0.1) is 0 Å². The quantitative estimate of drug-likeness (QED) is 0.780. The summed E-state index contributed by atoms with van der Waals surface area (Å²) < 4.78 is 5.40. The summed E-state index contributed by atoms with van der Waals surface area (Å²) in [7, 11) is 0. The number of amides is 1. The van der Waals surface area contributed by atoms with Crippen molar-refractivity contribution in [1.82, 2.24) is 5.32 Å². The molecule has 1 aliphatic rings. The number of hydrogen-bond donors (Lipinski definition) is 2. The maximum absolute atomic E-state index is 12.4. The summed E-state index contributed by atoms with van der Waals surface area (Å²) in [5.41, 5.74) is -1.61. The Morgan fingerprint density at radius 2 is 1.86 bits per heavy atom. The number of carbonyl (C=O) groups excluding carboxylic acids is 2. The van der Waals surface area contributed by atoms with Crippen molar-refractivity contribution in [3.63, 3.8) is 0 Å². The molecule has 0 spiro atoms. The minimum Gasteiger partial charge on any atom is -0.458 e. The van der Waals surface area contributed by atoms with Gasteiger partial charge in [0.1, 0.15) is 11.1 Å². The second-order valence-electron chi connectivity index (χ2n) is 7.19. The Bertz CT molecular complexity index is 388. The van der Waals surface area contributed by atoms with Crippen LogP contribution in [0.1, 0.15) is 66.7 Å². The third-order valence-corrected chi connectivity index (χ3v) is 3.97. The molecule has 3 unspecified atom stereocenters. The molecule has 2 N–H and O–H groups in total. The average Bonchev–Trinajstić information content (AvgIpc) is 2.36. The number of rotatable bonds is 4. The molecule has 0 radical (unpaired) electrons. The van der Waals surface area contributed by atoms with Crippen molar-refractivity contribution in [2.45, 2.75) is 84.0 Å². The van der Waals surface area contributed by atoms with E-state index in [1.807, 2.05) is 6.92 Å². The molecule has 5 nitrogen and oxygen atoms in total. The highest BCUT2D eigenvalue weighted by molar-refractivity contribution is 5.88. The van der Waals surface area contributed by atoms with Crippen molar-refractivity contribution in [3.8, 4) is 0 Å². The van der Waals surface area contributed by atoms with Gasteiger partial charge in [0, 0.05) is 5.92 Å². The molecular weight excluding hydrogens is 270 g/mol. The van der Waals surface area contributed by atoms with Crippen molar-refractivity contribution >= 4 is 11.9 Å². The molecule has 1 aliphatic carbocycles. The smallest absolute Gasteiger partial charge is 0.332 e. The monoisotopic (exact) mass is 299 g/mol. The topological polar surface area (TPSA) is 75.6 Å². The van der Waals surface area contributed by atoms with E-state index in [2.05, 4.69) is 5.32 Å². The van der Waals surface area contributed by atoms with Crippen molar-refractivity contribution in [3.05, 3.63) is 0 Å². The molecule has 0 aliphatic heterocycles. The molecule has 1 rings (SSSR count). The molecule has 1 fully saturated rings. The Hall–Kier alpha value is -1.10. The number of hydrogen-bond acceptors (Lipinski definition) is 4. The van der Waals surface area contributed by atoms with Crippen LogP contribution in [0.15, 0.2) is 0 Å². The van der Waals surface area contributed by atoms with Gasteiger partial charge in [-0.2, -0.15) is 0 Å². The molecule has 0 bridgehead atoms. The first kappa shape index (κ1) is 18.0. The van der Waals surface area contributed by atoms with Gasteiger partial charge in [0.05, 0.1) is 6.10 Å². The van der Waals surface area contributed by atoms with Crippen LogP contribution < -0.4 is 5.32 Å². The van der Waals surface area contributed by atoms with Gasteiger partial charge in [0.25, 0.3) is 0 Å². The van der Waals surface area contributed by atoms with E-state index >= 15 is 0 Å². The first-order valence-corrected chi connectivity index (χ1v) is 7.81. The van der Waals surface area contributed by atoms with Crippen LogP contribution in [0.5, 0.6) is 0 Å². The van der Waals surface area contributed by atoms with Crippen molar-refractivity contribution in [2.24, 2.45) is 5.92 Å². The predicted octanol–water partition coefficient (Wildman–Crippen LogP) is 2.16. The Kier molecular flexibility index (Phi) is 5.79. The first-order chi connectivity index (χ1) is 9.57. The molecule has 0 aromatic heterocycles. The summed E-state index contributed by atoms with van der Waals surface area (Å²) in [4.78, 5) is 24.7. The number of carbonyl (C=O) groups is 2. The van der Waals surface area contributed by atoms with Crippen LogP contribution in [-0.2, 0) is 14.3 Å². The standard InChI is InChI=1S/C16H29NO4/c1-6-16(5,14(20)21-15(2,3)4)17-13(19)11-8-7-9-12(18)10-11/h11-12,18H,6-10H2,1-5H3,(H,17,19). The van der Waals surface area contributed by atoms with Crippen LogP contribution in [0.3, 0.4) is 0 Å². The lowest BCUT2D eigenvalue weighted by Crippen LogP contribution is -2.55. The van der Waals surface area contributed by atoms with Gasteiger partial charge in [-0.3, -0.25) is 4.79 Å². The number of aliphatic hydroxyl groups excluding tert-OH is 1. The molecule has 122 valence electrons. The number of aliphatic hydroxyl groups is 1. The Balaban J connectivity index is 2.71. The lowest BCUT2D eigenvalue weighted by Gasteiger charge is -2.33. The predicted molar refractivity (Wildman–Crippen MR) is 80.6 cm³/mol. The van der Waals surface area contributed by atoms with E-state index in [1.165, 1.54) is 0 Å². The van der Waals surface area contributed by atoms with Crippen LogP contribution in [0.4, 0.5) is 0 Å². The average molecular weight is 299 g/mol. The van der Waals surface area contributed by atoms with Crippen molar-refractivity contribution in [2.75, 3.05) is 0 Å². The Morgan fingerprint density at radius 1 is 1.24 bits per heavy atom. The second kappa shape index (κ2) is 6.77. The van der Waals surface area contributed by atoms with Crippen molar-refractivity contribution < 1.29 is 19.4 Å². The number of nitrogens with one attached hydrogen (secondary N) is 1. The minimum atomic E-state index is -1.02. The third-order valence-electron chi connectivity index (χ3n) is 3.97. The van der Waals surface area contributed by atoms with E-state index in [0.29, 0.717) is 12.8 Å². The SMILES string of the molecule is CCC(C)(NC(=O)C1CCCC(O)C1)C(=O)OC(C)(C)C. The Labute approximate surface area is 127 Å². The van der Waals surface area contributed by atoms with Gasteiger partial charge < -0.3 is 15.2 Å². The molecule has 0 heterocycles. The van der Waals surface area contributed by atoms with E-state index in [9.17, 15) is 14.7 Å². The fourth-order valence-corrected chi connectivity index (χ4v) is 2.45. The molecule has 1 saturated carbocycles. The molecule has 5 heteroatoms. The van der Waals surface area contributed by atoms with Gasteiger partial charge in [-0.25, -0.2) is 4.79 Å². The van der Waals surface area contributed by atoms with Crippen LogP contribution >= 0.6 is 0 Å². The highest BCUT2D eigenvalue weighted by Gasteiger charge is 2.39. The van der Waals surface area contributed by atoms with E-state index in [4.69, 9.17) is 4.74 Å². The molecule has 0 aromatic rings. The van der Waals surface area contributed by atoms with E-state index < -0.39 is 23.2 Å². The second-order valence-corrected chi connectivity index (χ2v) is 7.19. The lowest BCUT2D eigenvalue weighted by molar-refractivity contribution is -0.164. The molecular formula is C16H29NO4. The van der Waals surface area contributed by atoms with E-state index in [1.54, 1.807) is 27.7 Å². The van der Waals surface area contributed by atoms with Crippen LogP contribution in [0, 0.1) is 5.92 Å². The van der Waals surface area contributed by atoms with Gasteiger partial charge in [-0.1, -0.05) is 13.3 Å². The fraction of sp³-hybridized carbons (Fsp3) is 0.875.